The van der Waals surface area contributed by atoms with Gasteiger partial charge in [0, 0.05) is 29.0 Å². The van der Waals surface area contributed by atoms with E-state index in [1.807, 2.05) is 22.7 Å². The highest BCUT2D eigenvalue weighted by atomic mass is 127. The van der Waals surface area contributed by atoms with Crippen molar-refractivity contribution >= 4 is 56.6 Å². The summed E-state index contributed by atoms with van der Waals surface area (Å²) in [6.07, 6.45) is 5.72. The van der Waals surface area contributed by atoms with Gasteiger partial charge in [-0.3, -0.25) is 4.98 Å². The third kappa shape index (κ3) is 2.20. The van der Waals surface area contributed by atoms with E-state index in [0.29, 0.717) is 17.1 Å². The van der Waals surface area contributed by atoms with Gasteiger partial charge in [0.05, 0.1) is 23.1 Å². The number of rotatable bonds is 2. The second-order valence-corrected chi connectivity index (χ2v) is 6.38. The molecule has 0 saturated carbocycles. The maximum absolute atomic E-state index is 6.54. The van der Waals surface area contributed by atoms with Crippen LogP contribution in [-0.4, -0.2) is 14.5 Å². The molecule has 4 nitrogen and oxygen atoms in total. The lowest BCUT2D eigenvalue weighted by atomic mass is 10.0. The number of hydrogen-bond acceptors (Lipinski definition) is 3. The Labute approximate surface area is 129 Å². The maximum atomic E-state index is 6.54. The summed E-state index contributed by atoms with van der Waals surface area (Å²) in [6.45, 7) is 0. The summed E-state index contributed by atoms with van der Waals surface area (Å²) in [5, 5.41) is 5.89. The molecule has 2 heterocycles. The van der Waals surface area contributed by atoms with E-state index in [4.69, 9.17) is 17.3 Å². The number of pyridine rings is 1. The number of aromatic nitrogens is 3. The van der Waals surface area contributed by atoms with E-state index in [-0.39, 0.29) is 0 Å². The Morgan fingerprint density at radius 3 is 2.74 bits per heavy atom. The Morgan fingerprint density at radius 2 is 2.05 bits per heavy atom. The zero-order valence-corrected chi connectivity index (χ0v) is 13.6. The van der Waals surface area contributed by atoms with Crippen LogP contribution in [-0.2, 0) is 0 Å². The fraction of sp³-hybridized carbons (Fsp3) is 0. The van der Waals surface area contributed by atoms with Gasteiger partial charge in [0.25, 0.3) is 0 Å². The van der Waals surface area contributed by atoms with Crippen molar-refractivity contribution in [1.82, 2.24) is 14.5 Å². The van der Waals surface area contributed by atoms with E-state index < -0.39 is 0 Å². The number of halogens is 2. The lowest BCUT2D eigenvalue weighted by molar-refractivity contribution is 1.04. The van der Waals surface area contributed by atoms with Crippen molar-refractivity contribution < 1.29 is 0 Å². The van der Waals surface area contributed by atoms with Gasteiger partial charge < -0.3 is 5.73 Å². The molecule has 1 aromatic carbocycles. The van der Waals surface area contributed by atoms with Crippen LogP contribution in [0, 0.1) is 0 Å². The molecule has 0 radical (unpaired) electrons. The molecule has 0 aliphatic rings. The second-order valence-electron chi connectivity index (χ2n) is 3.97. The van der Waals surface area contributed by atoms with Crippen LogP contribution in [0.4, 0.5) is 5.69 Å². The predicted octanol–water partition coefficient (Wildman–Crippen LogP) is 4.13. The second kappa shape index (κ2) is 5.23. The largest absolute Gasteiger partial charge is 0.398 e. The minimum absolute atomic E-state index is 0.478. The summed E-state index contributed by atoms with van der Waals surface area (Å²) in [5.41, 5.74) is 9.59. The van der Waals surface area contributed by atoms with Crippen LogP contribution in [0.2, 0.25) is 5.02 Å². The van der Waals surface area contributed by atoms with Gasteiger partial charge >= 0.3 is 0 Å². The molecular formula is C12H9ClIN4P. The normalized spacial score (nSPS) is 11.7. The molecule has 3 rings (SSSR count). The zero-order chi connectivity index (χ0) is 13.4. The SMILES string of the molecule is Nc1cc(-c2ccncc2)c(Cl)c2c1cnn2PI. The molecule has 0 aliphatic carbocycles. The van der Waals surface area contributed by atoms with E-state index in [9.17, 15) is 0 Å². The number of anilines is 1. The van der Waals surface area contributed by atoms with Crippen molar-refractivity contribution in [2.75, 3.05) is 5.73 Å². The van der Waals surface area contributed by atoms with Crippen LogP contribution < -0.4 is 5.73 Å². The van der Waals surface area contributed by atoms with E-state index in [0.717, 1.165) is 22.0 Å². The highest BCUT2D eigenvalue weighted by molar-refractivity contribution is 14.2. The van der Waals surface area contributed by atoms with Crippen molar-refractivity contribution in [3.05, 3.63) is 41.8 Å². The smallest absolute Gasteiger partial charge is 0.0942 e. The summed E-state index contributed by atoms with van der Waals surface area (Å²) in [5.74, 6) is 0. The van der Waals surface area contributed by atoms with E-state index in [1.54, 1.807) is 18.6 Å². The van der Waals surface area contributed by atoms with Crippen molar-refractivity contribution in [3.63, 3.8) is 0 Å². The third-order valence-electron chi connectivity index (χ3n) is 2.90. The molecule has 96 valence electrons. The average Bonchev–Trinajstić information content (AvgIpc) is 2.88. The first-order valence-electron chi connectivity index (χ1n) is 5.45. The lowest BCUT2D eigenvalue weighted by Crippen LogP contribution is -1.91. The van der Waals surface area contributed by atoms with E-state index in [1.165, 1.54) is 0 Å². The fourth-order valence-electron chi connectivity index (χ4n) is 2.00. The van der Waals surface area contributed by atoms with Gasteiger partial charge in [-0.15, -0.1) is 0 Å². The van der Waals surface area contributed by atoms with Gasteiger partial charge in [-0.05, 0) is 45.8 Å². The molecule has 0 fully saturated rings. The number of benzene rings is 1. The van der Waals surface area contributed by atoms with E-state index in [2.05, 4.69) is 32.1 Å². The summed E-state index contributed by atoms with van der Waals surface area (Å²) < 4.78 is 1.87. The topological polar surface area (TPSA) is 56.7 Å². The minimum atomic E-state index is 0.478. The number of nitrogen functional groups attached to an aromatic ring is 1. The van der Waals surface area contributed by atoms with Crippen molar-refractivity contribution in [2.24, 2.45) is 0 Å². The Kier molecular flexibility index (Phi) is 3.60. The molecule has 3 aromatic rings. The molecule has 19 heavy (non-hydrogen) atoms. The highest BCUT2D eigenvalue weighted by Gasteiger charge is 2.15. The predicted molar refractivity (Wildman–Crippen MR) is 90.1 cm³/mol. The molecule has 1 atom stereocenters. The summed E-state index contributed by atoms with van der Waals surface area (Å²) in [4.78, 5) is 4.02. The molecule has 0 spiro atoms. The van der Waals surface area contributed by atoms with Crippen molar-refractivity contribution in [3.8, 4) is 11.1 Å². The summed E-state index contributed by atoms with van der Waals surface area (Å²) in [6, 6.07) is 5.72. The van der Waals surface area contributed by atoms with Crippen molar-refractivity contribution in [2.45, 2.75) is 0 Å². The van der Waals surface area contributed by atoms with Gasteiger partial charge in [0.1, 0.15) is 0 Å². The Bertz CT molecular complexity index is 744. The van der Waals surface area contributed by atoms with Crippen LogP contribution in [0.25, 0.3) is 22.0 Å². The van der Waals surface area contributed by atoms with Crippen LogP contribution in [0.1, 0.15) is 0 Å². The maximum Gasteiger partial charge on any atom is 0.0942 e. The molecule has 0 saturated heterocycles. The quantitative estimate of drug-likeness (QED) is 0.398. The third-order valence-corrected chi connectivity index (χ3v) is 5.15. The van der Waals surface area contributed by atoms with Crippen LogP contribution in [0.3, 0.4) is 0 Å². The first-order chi connectivity index (χ1) is 9.22. The van der Waals surface area contributed by atoms with Gasteiger partial charge in [-0.1, -0.05) is 11.6 Å². The average molecular weight is 403 g/mol. The van der Waals surface area contributed by atoms with Gasteiger partial charge in [0.15, 0.2) is 0 Å². The molecular weight excluding hydrogens is 393 g/mol. The molecule has 0 bridgehead atoms. The summed E-state index contributed by atoms with van der Waals surface area (Å²) in [7, 11) is 0. The molecule has 2 aromatic heterocycles. The monoisotopic (exact) mass is 402 g/mol. The molecule has 0 amide bonds. The van der Waals surface area contributed by atoms with E-state index >= 15 is 0 Å². The Hall–Kier alpha value is -0.910. The molecule has 0 aliphatic heterocycles. The standard InChI is InChI=1S/C12H9ClIN4P/c13-11-8(7-1-3-16-4-2-7)5-10(15)9-6-17-18(19-14)12(9)11/h1-6,19H,15H2. The van der Waals surface area contributed by atoms with Crippen molar-refractivity contribution in [1.29, 1.82) is 0 Å². The number of nitrogens with two attached hydrogens (primary N) is 1. The van der Waals surface area contributed by atoms with Crippen LogP contribution in [0.5, 0.6) is 0 Å². The fourth-order valence-corrected chi connectivity index (χ4v) is 3.93. The number of fused-ring (bicyclic) bond motifs is 1. The zero-order valence-electron chi connectivity index (χ0n) is 9.64. The molecule has 1 unspecified atom stereocenters. The first kappa shape index (κ1) is 13.1. The lowest BCUT2D eigenvalue weighted by Gasteiger charge is -2.09. The minimum Gasteiger partial charge on any atom is -0.398 e. The Balaban J connectivity index is 2.35. The number of hydrogen-bond donors (Lipinski definition) is 1. The van der Waals surface area contributed by atoms with Gasteiger partial charge in [-0.2, -0.15) is 5.10 Å². The first-order valence-corrected chi connectivity index (χ1v) is 9.89. The molecule has 7 heteroatoms. The Morgan fingerprint density at radius 1 is 1.32 bits per heavy atom. The van der Waals surface area contributed by atoms with Gasteiger partial charge in [0.2, 0.25) is 0 Å². The van der Waals surface area contributed by atoms with Crippen LogP contribution in [0.15, 0.2) is 36.8 Å². The summed E-state index contributed by atoms with van der Waals surface area (Å²) >= 11 is 8.81. The van der Waals surface area contributed by atoms with Gasteiger partial charge in [-0.25, -0.2) is 4.45 Å². The highest BCUT2D eigenvalue weighted by Crippen LogP contribution is 2.40. The number of nitrogens with zero attached hydrogens (tertiary/aromatic N) is 3. The molecule has 2 N–H and O–H groups in total. The van der Waals surface area contributed by atoms with Crippen LogP contribution >= 0.6 is 40.0 Å².